The van der Waals surface area contributed by atoms with E-state index < -0.39 is 5.91 Å². The summed E-state index contributed by atoms with van der Waals surface area (Å²) >= 11 is 0. The van der Waals surface area contributed by atoms with Crippen molar-refractivity contribution in [1.29, 1.82) is 5.26 Å². The van der Waals surface area contributed by atoms with Crippen molar-refractivity contribution in [2.75, 3.05) is 32.3 Å². The van der Waals surface area contributed by atoms with Crippen molar-refractivity contribution in [3.05, 3.63) is 48.0 Å². The number of carbonyl (C=O) groups is 2. The highest BCUT2D eigenvalue weighted by molar-refractivity contribution is 5.95. The van der Waals surface area contributed by atoms with Gasteiger partial charge in [0.05, 0.1) is 25.9 Å². The number of rotatable bonds is 9. The lowest BCUT2D eigenvalue weighted by molar-refractivity contribution is -0.120. The molecule has 28 heavy (non-hydrogen) atoms. The lowest BCUT2D eigenvalue weighted by Gasteiger charge is -2.23. The first kappa shape index (κ1) is 20.6. The topological polar surface area (TPSA) is 115 Å². The maximum absolute atomic E-state index is 12.7. The van der Waals surface area contributed by atoms with Gasteiger partial charge in [0.15, 0.2) is 18.1 Å². The average molecular weight is 383 g/mol. The Morgan fingerprint density at radius 1 is 1.07 bits per heavy atom. The van der Waals surface area contributed by atoms with Gasteiger partial charge in [-0.1, -0.05) is 0 Å². The highest BCUT2D eigenvalue weighted by atomic mass is 16.5. The van der Waals surface area contributed by atoms with E-state index in [2.05, 4.69) is 0 Å². The van der Waals surface area contributed by atoms with Crippen LogP contribution in [-0.2, 0) is 9.59 Å². The Hall–Kier alpha value is -3.73. The van der Waals surface area contributed by atoms with Crippen molar-refractivity contribution < 1.29 is 23.8 Å². The molecule has 0 unspecified atom stereocenters. The summed E-state index contributed by atoms with van der Waals surface area (Å²) in [5.41, 5.74) is 6.22. The average Bonchev–Trinajstić information content (AvgIpc) is 2.72. The molecule has 2 N–H and O–H groups in total. The number of nitrogens with two attached hydrogens (primary N) is 1. The standard InChI is InChI=1S/C20H21N3O5/c1-26-16-6-4-15(5-7-16)23(10-9-19(22)24)20(25)13-28-17-8-3-14(12-21)11-18(17)27-2/h3-8,11H,9-10,13H2,1-2H3,(H2,22,24). The molecule has 0 radical (unpaired) electrons. The van der Waals surface area contributed by atoms with Gasteiger partial charge in [-0.15, -0.1) is 0 Å². The molecule has 0 heterocycles. The first-order valence-electron chi connectivity index (χ1n) is 8.42. The smallest absolute Gasteiger partial charge is 0.264 e. The molecule has 2 aromatic rings. The van der Waals surface area contributed by atoms with Crippen LogP contribution in [0.4, 0.5) is 5.69 Å². The highest BCUT2D eigenvalue weighted by Crippen LogP contribution is 2.28. The number of amides is 2. The third-order valence-corrected chi connectivity index (χ3v) is 3.91. The largest absolute Gasteiger partial charge is 0.497 e. The van der Waals surface area contributed by atoms with Crippen molar-refractivity contribution in [3.63, 3.8) is 0 Å². The summed E-state index contributed by atoms with van der Waals surface area (Å²) in [5, 5.41) is 8.95. The second-order valence-electron chi connectivity index (χ2n) is 5.73. The van der Waals surface area contributed by atoms with Crippen LogP contribution in [0.1, 0.15) is 12.0 Å². The Bertz CT molecular complexity index is 874. The Balaban J connectivity index is 2.15. The molecule has 0 fully saturated rings. The molecule has 2 aromatic carbocycles. The lowest BCUT2D eigenvalue weighted by Crippen LogP contribution is -2.37. The Morgan fingerprint density at radius 2 is 1.79 bits per heavy atom. The molecular weight excluding hydrogens is 362 g/mol. The molecular formula is C20H21N3O5. The minimum atomic E-state index is -0.513. The van der Waals surface area contributed by atoms with Crippen LogP contribution in [0.2, 0.25) is 0 Å². The first-order valence-corrected chi connectivity index (χ1v) is 8.42. The van der Waals surface area contributed by atoms with Crippen molar-refractivity contribution >= 4 is 17.5 Å². The van der Waals surface area contributed by atoms with Crippen molar-refractivity contribution in [3.8, 4) is 23.3 Å². The number of carbonyl (C=O) groups excluding carboxylic acids is 2. The predicted molar refractivity (Wildman–Crippen MR) is 102 cm³/mol. The summed E-state index contributed by atoms with van der Waals surface area (Å²) in [5.74, 6) is 0.447. The molecule has 0 saturated carbocycles. The number of primary amides is 1. The zero-order valence-corrected chi connectivity index (χ0v) is 15.7. The predicted octanol–water partition coefficient (Wildman–Crippen LogP) is 1.86. The summed E-state index contributed by atoms with van der Waals surface area (Å²) in [4.78, 5) is 25.3. The number of ether oxygens (including phenoxy) is 3. The van der Waals surface area contributed by atoms with E-state index in [9.17, 15) is 9.59 Å². The van der Waals surface area contributed by atoms with Crippen molar-refractivity contribution in [2.45, 2.75) is 6.42 Å². The molecule has 0 saturated heterocycles. The molecule has 0 aliphatic heterocycles. The molecule has 0 aliphatic rings. The van der Waals surface area contributed by atoms with Crippen molar-refractivity contribution in [1.82, 2.24) is 0 Å². The minimum Gasteiger partial charge on any atom is -0.497 e. The van der Waals surface area contributed by atoms with E-state index in [4.69, 9.17) is 25.2 Å². The van der Waals surface area contributed by atoms with Crippen LogP contribution in [-0.4, -0.2) is 39.2 Å². The number of hydrogen-bond donors (Lipinski definition) is 1. The van der Waals surface area contributed by atoms with Crippen LogP contribution >= 0.6 is 0 Å². The van der Waals surface area contributed by atoms with Crippen LogP contribution in [0.25, 0.3) is 0 Å². The van der Waals surface area contributed by atoms with E-state index in [1.54, 1.807) is 43.5 Å². The molecule has 8 heteroatoms. The highest BCUT2D eigenvalue weighted by Gasteiger charge is 2.18. The molecule has 0 spiro atoms. The second-order valence-corrected chi connectivity index (χ2v) is 5.73. The molecule has 8 nitrogen and oxygen atoms in total. The number of nitrogens with zero attached hydrogens (tertiary/aromatic N) is 2. The Labute approximate surface area is 163 Å². The summed E-state index contributed by atoms with van der Waals surface area (Å²) in [6.07, 6.45) is 0.0119. The zero-order chi connectivity index (χ0) is 20.5. The second kappa shape index (κ2) is 9.83. The number of hydrogen-bond acceptors (Lipinski definition) is 6. The molecule has 2 rings (SSSR count). The van der Waals surface area contributed by atoms with E-state index in [1.807, 2.05) is 6.07 Å². The van der Waals surface area contributed by atoms with Crippen LogP contribution in [0.3, 0.4) is 0 Å². The summed E-state index contributed by atoms with van der Waals surface area (Å²) in [6.45, 7) is -0.165. The van der Waals surface area contributed by atoms with E-state index in [-0.39, 0.29) is 25.5 Å². The molecule has 0 bridgehead atoms. The molecule has 0 aromatic heterocycles. The minimum absolute atomic E-state index is 0.0119. The first-order chi connectivity index (χ1) is 13.5. The van der Waals surface area contributed by atoms with Gasteiger partial charge in [0.2, 0.25) is 5.91 Å². The monoisotopic (exact) mass is 383 g/mol. The molecule has 2 amide bonds. The third-order valence-electron chi connectivity index (χ3n) is 3.91. The number of anilines is 1. The molecule has 0 aliphatic carbocycles. The number of methoxy groups -OCH3 is 2. The van der Waals surface area contributed by atoms with Gasteiger partial charge in [-0.3, -0.25) is 9.59 Å². The Morgan fingerprint density at radius 3 is 2.36 bits per heavy atom. The number of nitriles is 1. The number of benzene rings is 2. The summed E-state index contributed by atoms with van der Waals surface area (Å²) in [7, 11) is 2.99. The maximum atomic E-state index is 12.7. The van der Waals surface area contributed by atoms with Gasteiger partial charge in [-0.25, -0.2) is 0 Å². The van der Waals surface area contributed by atoms with Gasteiger partial charge in [0.25, 0.3) is 5.91 Å². The van der Waals surface area contributed by atoms with Gasteiger partial charge in [0.1, 0.15) is 5.75 Å². The van der Waals surface area contributed by atoms with E-state index in [0.29, 0.717) is 28.5 Å². The fourth-order valence-corrected chi connectivity index (χ4v) is 2.46. The molecule has 0 atom stereocenters. The third kappa shape index (κ3) is 5.38. The fraction of sp³-hybridized carbons (Fsp3) is 0.250. The van der Waals surface area contributed by atoms with Gasteiger partial charge in [0, 0.05) is 24.7 Å². The van der Waals surface area contributed by atoms with Crippen molar-refractivity contribution in [2.24, 2.45) is 5.73 Å². The van der Waals surface area contributed by atoms with Gasteiger partial charge in [-0.05, 0) is 36.4 Å². The summed E-state index contributed by atoms with van der Waals surface area (Å²) in [6, 6.07) is 13.5. The van der Waals surface area contributed by atoms with Gasteiger partial charge < -0.3 is 24.8 Å². The maximum Gasteiger partial charge on any atom is 0.264 e. The Kier molecular flexibility index (Phi) is 7.22. The van der Waals surface area contributed by atoms with E-state index in [1.165, 1.54) is 18.1 Å². The van der Waals surface area contributed by atoms with Crippen LogP contribution < -0.4 is 24.8 Å². The van der Waals surface area contributed by atoms with Crippen LogP contribution in [0.15, 0.2) is 42.5 Å². The fourth-order valence-electron chi connectivity index (χ4n) is 2.46. The molecule has 146 valence electrons. The van der Waals surface area contributed by atoms with E-state index in [0.717, 1.165) is 0 Å². The quantitative estimate of drug-likeness (QED) is 0.707. The van der Waals surface area contributed by atoms with Crippen LogP contribution in [0.5, 0.6) is 17.2 Å². The van der Waals surface area contributed by atoms with E-state index >= 15 is 0 Å². The lowest BCUT2D eigenvalue weighted by atomic mass is 10.2. The van der Waals surface area contributed by atoms with Gasteiger partial charge in [-0.2, -0.15) is 5.26 Å². The normalized spacial score (nSPS) is 9.89. The SMILES string of the molecule is COc1ccc(N(CCC(N)=O)C(=O)COc2ccc(C#N)cc2OC)cc1. The summed E-state index contributed by atoms with van der Waals surface area (Å²) < 4.78 is 15.9. The van der Waals surface area contributed by atoms with Gasteiger partial charge >= 0.3 is 0 Å². The van der Waals surface area contributed by atoms with Crippen LogP contribution in [0, 0.1) is 11.3 Å². The zero-order valence-electron chi connectivity index (χ0n) is 15.7.